The summed E-state index contributed by atoms with van der Waals surface area (Å²) < 4.78 is 11.5. The number of esters is 1. The molecule has 8 heteroatoms. The molecular weight excluding hydrogens is 388 g/mol. The first-order valence-corrected chi connectivity index (χ1v) is 11.1. The van der Waals surface area contributed by atoms with Crippen LogP contribution in [0.15, 0.2) is 12.7 Å². The maximum Gasteiger partial charge on any atom is 0.312 e. The van der Waals surface area contributed by atoms with Crippen LogP contribution in [0.3, 0.4) is 0 Å². The van der Waals surface area contributed by atoms with Gasteiger partial charge in [0, 0.05) is 19.6 Å². The first-order chi connectivity index (χ1) is 14.5. The minimum absolute atomic E-state index is 0.0357. The van der Waals surface area contributed by atoms with Crippen LogP contribution in [0.5, 0.6) is 0 Å². The normalized spacial score (nSPS) is 31.7. The molecule has 2 bridgehead atoms. The van der Waals surface area contributed by atoms with Gasteiger partial charge in [-0.15, -0.1) is 6.58 Å². The Kier molecular flexibility index (Phi) is 7.18. The lowest BCUT2D eigenvalue weighted by Crippen LogP contribution is -2.56. The number of nitrogens with zero attached hydrogens (tertiary/aromatic N) is 2. The van der Waals surface area contributed by atoms with Crippen molar-refractivity contribution in [1.29, 1.82) is 0 Å². The van der Waals surface area contributed by atoms with E-state index in [2.05, 4.69) is 13.5 Å². The fourth-order valence-corrected chi connectivity index (χ4v) is 5.46. The number of fused-ring (bicyclic) bond motifs is 1. The molecular formula is C22H34N2O6. The Morgan fingerprint density at radius 1 is 1.40 bits per heavy atom. The maximum atomic E-state index is 13.7. The molecule has 0 saturated carbocycles. The monoisotopic (exact) mass is 422 g/mol. The number of hydrogen-bond donors (Lipinski definition) is 1. The summed E-state index contributed by atoms with van der Waals surface area (Å²) in [4.78, 5) is 42.9. The zero-order valence-electron chi connectivity index (χ0n) is 18.0. The number of hydrogen-bond acceptors (Lipinski definition) is 6. The number of β-amino-alcohol motifs (C(OH)–C–C–N with tert-alkyl or cyclic N) is 1. The minimum Gasteiger partial charge on any atom is -0.466 e. The van der Waals surface area contributed by atoms with E-state index in [1.165, 1.54) is 4.90 Å². The van der Waals surface area contributed by atoms with Gasteiger partial charge < -0.3 is 24.4 Å². The molecule has 3 heterocycles. The topological polar surface area (TPSA) is 96.4 Å². The summed E-state index contributed by atoms with van der Waals surface area (Å²) in [5.41, 5.74) is -1.03. The SMILES string of the molecule is C=CCN(CCCCC)C(=O)[C@H]1N(CCO)C(=O)[C@@H]2[C@@H](C(=O)OCC)[C@H]3CC[C@]21O3. The molecule has 0 unspecified atom stereocenters. The summed E-state index contributed by atoms with van der Waals surface area (Å²) in [6.07, 6.45) is 5.33. The number of rotatable bonds is 11. The van der Waals surface area contributed by atoms with Gasteiger partial charge in [0.2, 0.25) is 11.8 Å². The molecule has 3 rings (SSSR count). The summed E-state index contributed by atoms with van der Waals surface area (Å²) in [7, 11) is 0. The van der Waals surface area contributed by atoms with Gasteiger partial charge >= 0.3 is 5.97 Å². The molecule has 30 heavy (non-hydrogen) atoms. The summed E-state index contributed by atoms with van der Waals surface area (Å²) in [6, 6.07) is -0.840. The molecule has 5 atom stereocenters. The number of unbranched alkanes of at least 4 members (excludes halogenated alkanes) is 2. The van der Waals surface area contributed by atoms with Gasteiger partial charge in [-0.2, -0.15) is 0 Å². The average molecular weight is 423 g/mol. The molecule has 0 aromatic rings. The van der Waals surface area contributed by atoms with E-state index in [4.69, 9.17) is 9.47 Å². The number of carbonyl (C=O) groups is 3. The van der Waals surface area contributed by atoms with Gasteiger partial charge in [0.1, 0.15) is 11.6 Å². The van der Waals surface area contributed by atoms with Crippen molar-refractivity contribution in [3.8, 4) is 0 Å². The molecule has 3 aliphatic heterocycles. The number of carbonyl (C=O) groups excluding carboxylic acids is 3. The van der Waals surface area contributed by atoms with E-state index in [-0.39, 0.29) is 31.6 Å². The van der Waals surface area contributed by atoms with Crippen LogP contribution < -0.4 is 0 Å². The molecule has 1 spiro atoms. The third kappa shape index (κ3) is 3.64. The zero-order valence-corrected chi connectivity index (χ0v) is 18.0. The van der Waals surface area contributed by atoms with Crippen LogP contribution in [-0.4, -0.2) is 83.3 Å². The van der Waals surface area contributed by atoms with Gasteiger partial charge in [-0.25, -0.2) is 0 Å². The van der Waals surface area contributed by atoms with Crippen LogP contribution in [0.4, 0.5) is 0 Å². The highest BCUT2D eigenvalue weighted by Gasteiger charge is 2.74. The smallest absolute Gasteiger partial charge is 0.312 e. The number of aliphatic hydroxyl groups is 1. The molecule has 3 saturated heterocycles. The zero-order chi connectivity index (χ0) is 21.9. The lowest BCUT2D eigenvalue weighted by molar-refractivity contribution is -0.155. The van der Waals surface area contributed by atoms with Crippen molar-refractivity contribution >= 4 is 17.8 Å². The second-order valence-corrected chi connectivity index (χ2v) is 8.34. The standard InChI is InChI=1S/C22H34N2O6/c1-4-7-8-12-23(11-5-2)20(27)18-22-10-9-15(30-22)16(21(28)29-6-3)17(22)19(26)24(18)13-14-25/h5,15-18,25H,2,4,6-14H2,1,3H3/t15-,16+,17+,18-,22+/m1/s1. The lowest BCUT2D eigenvalue weighted by atomic mass is 9.70. The van der Waals surface area contributed by atoms with E-state index < -0.39 is 35.6 Å². The van der Waals surface area contributed by atoms with Gasteiger partial charge in [0.25, 0.3) is 0 Å². The molecule has 1 N–H and O–H groups in total. The van der Waals surface area contributed by atoms with Crippen molar-refractivity contribution < 1.29 is 29.0 Å². The van der Waals surface area contributed by atoms with Crippen LogP contribution in [0.2, 0.25) is 0 Å². The van der Waals surface area contributed by atoms with Gasteiger partial charge in [0.05, 0.1) is 31.2 Å². The van der Waals surface area contributed by atoms with Crippen molar-refractivity contribution in [2.24, 2.45) is 11.8 Å². The molecule has 168 valence electrons. The van der Waals surface area contributed by atoms with Gasteiger partial charge in [-0.3, -0.25) is 14.4 Å². The molecule has 8 nitrogen and oxygen atoms in total. The van der Waals surface area contributed by atoms with Crippen LogP contribution in [-0.2, 0) is 23.9 Å². The number of likely N-dealkylation sites (tertiary alicyclic amines) is 1. The molecule has 2 amide bonds. The van der Waals surface area contributed by atoms with E-state index in [1.54, 1.807) is 17.9 Å². The Hall–Kier alpha value is -1.93. The van der Waals surface area contributed by atoms with Crippen molar-refractivity contribution in [2.75, 3.05) is 32.8 Å². The Bertz CT molecular complexity index is 683. The highest BCUT2D eigenvalue weighted by Crippen LogP contribution is 2.58. The predicted octanol–water partition coefficient (Wildman–Crippen LogP) is 1.12. The third-order valence-electron chi connectivity index (χ3n) is 6.63. The third-order valence-corrected chi connectivity index (χ3v) is 6.63. The van der Waals surface area contributed by atoms with Crippen molar-refractivity contribution in [1.82, 2.24) is 9.80 Å². The summed E-state index contributed by atoms with van der Waals surface area (Å²) in [5, 5.41) is 9.58. The van der Waals surface area contributed by atoms with Crippen LogP contribution in [0, 0.1) is 11.8 Å². The van der Waals surface area contributed by atoms with Crippen molar-refractivity contribution in [3.63, 3.8) is 0 Å². The summed E-state index contributed by atoms with van der Waals surface area (Å²) in [6.45, 7) is 8.55. The Balaban J connectivity index is 1.94. The number of amides is 2. The molecule has 0 radical (unpaired) electrons. The lowest BCUT2D eigenvalue weighted by Gasteiger charge is -2.36. The maximum absolute atomic E-state index is 13.7. The van der Waals surface area contributed by atoms with E-state index in [0.717, 1.165) is 19.3 Å². The molecule has 0 aromatic heterocycles. The second kappa shape index (κ2) is 9.47. The summed E-state index contributed by atoms with van der Waals surface area (Å²) >= 11 is 0. The minimum atomic E-state index is -1.03. The van der Waals surface area contributed by atoms with E-state index >= 15 is 0 Å². The predicted molar refractivity (Wildman–Crippen MR) is 109 cm³/mol. The fraction of sp³-hybridized carbons (Fsp3) is 0.773. The van der Waals surface area contributed by atoms with E-state index in [1.807, 2.05) is 0 Å². The van der Waals surface area contributed by atoms with Crippen LogP contribution in [0.25, 0.3) is 0 Å². The first kappa shape index (κ1) is 22.7. The quantitative estimate of drug-likeness (QED) is 0.305. The van der Waals surface area contributed by atoms with Gasteiger partial charge in [0.15, 0.2) is 0 Å². The second-order valence-electron chi connectivity index (χ2n) is 8.34. The highest BCUT2D eigenvalue weighted by atomic mass is 16.6. The number of aliphatic hydroxyl groups excluding tert-OH is 1. The molecule has 3 aliphatic rings. The fourth-order valence-electron chi connectivity index (χ4n) is 5.46. The van der Waals surface area contributed by atoms with Crippen LogP contribution in [0.1, 0.15) is 46.0 Å². The highest BCUT2D eigenvalue weighted by molar-refractivity contribution is 5.98. The Morgan fingerprint density at radius 2 is 2.17 bits per heavy atom. The number of ether oxygens (including phenoxy) is 2. The van der Waals surface area contributed by atoms with E-state index in [0.29, 0.717) is 25.9 Å². The van der Waals surface area contributed by atoms with Gasteiger partial charge in [-0.05, 0) is 26.2 Å². The largest absolute Gasteiger partial charge is 0.466 e. The average Bonchev–Trinajstić information content (AvgIpc) is 3.35. The molecule has 0 aliphatic carbocycles. The Morgan fingerprint density at radius 3 is 2.80 bits per heavy atom. The molecule has 3 fully saturated rings. The molecule has 0 aromatic carbocycles. The van der Waals surface area contributed by atoms with Crippen molar-refractivity contribution in [2.45, 2.75) is 63.7 Å². The van der Waals surface area contributed by atoms with Crippen molar-refractivity contribution in [3.05, 3.63) is 12.7 Å². The Labute approximate surface area is 178 Å². The van der Waals surface area contributed by atoms with Crippen LogP contribution >= 0.6 is 0 Å². The van der Waals surface area contributed by atoms with E-state index in [9.17, 15) is 19.5 Å². The van der Waals surface area contributed by atoms with Gasteiger partial charge in [-0.1, -0.05) is 25.8 Å². The summed E-state index contributed by atoms with van der Waals surface area (Å²) in [5.74, 6) is -2.37. The first-order valence-electron chi connectivity index (χ1n) is 11.1.